The highest BCUT2D eigenvalue weighted by atomic mass is 32.2. The molecule has 0 aliphatic heterocycles. The van der Waals surface area contributed by atoms with E-state index in [9.17, 15) is 8.42 Å². The number of ether oxygens (including phenoxy) is 2. The third-order valence-corrected chi connectivity index (χ3v) is 4.27. The first-order chi connectivity index (χ1) is 10.00. The van der Waals surface area contributed by atoms with Gasteiger partial charge in [-0.05, 0) is 18.6 Å². The summed E-state index contributed by atoms with van der Waals surface area (Å²) in [5, 5.41) is 6.65. The molecule has 8 heteroatoms. The van der Waals surface area contributed by atoms with E-state index >= 15 is 0 Å². The molecule has 1 heterocycles. The van der Waals surface area contributed by atoms with Crippen molar-refractivity contribution >= 4 is 15.8 Å². The van der Waals surface area contributed by atoms with Crippen molar-refractivity contribution in [2.24, 2.45) is 0 Å². The minimum absolute atomic E-state index is 0.0706. The minimum Gasteiger partial charge on any atom is -0.493 e. The molecule has 0 fully saturated rings. The zero-order valence-corrected chi connectivity index (χ0v) is 12.8. The number of aryl methyl sites for hydroxylation is 1. The number of nitrogens with one attached hydrogen (secondary N) is 2. The normalized spacial score (nSPS) is 11.2. The zero-order chi connectivity index (χ0) is 15.5. The molecule has 2 rings (SSSR count). The summed E-state index contributed by atoms with van der Waals surface area (Å²) >= 11 is 0. The van der Waals surface area contributed by atoms with Crippen LogP contribution in [0.25, 0.3) is 0 Å². The fourth-order valence-electron chi connectivity index (χ4n) is 1.78. The number of sulfonamides is 1. The molecule has 114 valence electrons. The number of anilines is 1. The van der Waals surface area contributed by atoms with Gasteiger partial charge in [-0.15, -0.1) is 0 Å². The second-order valence-electron chi connectivity index (χ2n) is 4.25. The molecule has 0 unspecified atom stereocenters. The molecule has 0 saturated heterocycles. The lowest BCUT2D eigenvalue weighted by molar-refractivity contribution is 0.354. The van der Waals surface area contributed by atoms with Gasteiger partial charge in [0.25, 0.3) is 10.0 Å². The van der Waals surface area contributed by atoms with Crippen LogP contribution in [-0.4, -0.2) is 32.8 Å². The van der Waals surface area contributed by atoms with Crippen LogP contribution in [0.2, 0.25) is 0 Å². The molecule has 0 aliphatic carbocycles. The van der Waals surface area contributed by atoms with Crippen molar-refractivity contribution in [3.8, 4) is 11.5 Å². The maximum atomic E-state index is 12.3. The van der Waals surface area contributed by atoms with E-state index in [1.807, 2.05) is 6.92 Å². The average molecular weight is 311 g/mol. The first kappa shape index (κ1) is 15.2. The summed E-state index contributed by atoms with van der Waals surface area (Å²) in [5.41, 5.74) is 0.847. The number of hydrogen-bond acceptors (Lipinski definition) is 5. The number of rotatable bonds is 6. The van der Waals surface area contributed by atoms with Crippen LogP contribution in [0.5, 0.6) is 11.5 Å². The van der Waals surface area contributed by atoms with Gasteiger partial charge in [0.15, 0.2) is 17.3 Å². The maximum absolute atomic E-state index is 12.3. The van der Waals surface area contributed by atoms with E-state index in [-0.39, 0.29) is 10.7 Å². The number of aromatic nitrogens is 2. The van der Waals surface area contributed by atoms with E-state index < -0.39 is 10.0 Å². The van der Waals surface area contributed by atoms with Crippen molar-refractivity contribution in [2.45, 2.75) is 18.2 Å². The molecule has 0 bridgehead atoms. The maximum Gasteiger partial charge on any atom is 0.263 e. The number of aromatic amines is 1. The highest BCUT2D eigenvalue weighted by Gasteiger charge is 2.18. The monoisotopic (exact) mass is 311 g/mol. The lowest BCUT2D eigenvalue weighted by Crippen LogP contribution is -2.13. The predicted molar refractivity (Wildman–Crippen MR) is 78.3 cm³/mol. The second-order valence-corrected chi connectivity index (χ2v) is 5.94. The Morgan fingerprint density at radius 2 is 1.90 bits per heavy atom. The molecule has 0 saturated carbocycles. The SMILES string of the molecule is CCc1cc(NS(=O)(=O)c2ccc(OC)c(OC)c2)n[nH]1. The Kier molecular flexibility index (Phi) is 4.37. The van der Waals surface area contributed by atoms with Crippen LogP contribution in [0.1, 0.15) is 12.6 Å². The standard InChI is InChI=1S/C13H17N3O4S/c1-4-9-7-13(15-14-9)16-21(17,18)10-5-6-11(19-2)12(8-10)20-3/h5-8H,4H2,1-3H3,(H2,14,15,16). The lowest BCUT2D eigenvalue weighted by atomic mass is 10.3. The number of benzene rings is 1. The second kappa shape index (κ2) is 6.04. The fraction of sp³-hybridized carbons (Fsp3) is 0.308. The quantitative estimate of drug-likeness (QED) is 0.848. The summed E-state index contributed by atoms with van der Waals surface area (Å²) in [6.07, 6.45) is 0.741. The third kappa shape index (κ3) is 3.27. The van der Waals surface area contributed by atoms with Gasteiger partial charge in [-0.3, -0.25) is 9.82 Å². The van der Waals surface area contributed by atoms with Crippen LogP contribution < -0.4 is 14.2 Å². The van der Waals surface area contributed by atoms with E-state index in [0.29, 0.717) is 11.5 Å². The highest BCUT2D eigenvalue weighted by Crippen LogP contribution is 2.29. The van der Waals surface area contributed by atoms with Gasteiger partial charge in [-0.25, -0.2) is 8.42 Å². The molecule has 0 aliphatic rings. The summed E-state index contributed by atoms with van der Waals surface area (Å²) in [6.45, 7) is 1.94. The number of hydrogen-bond donors (Lipinski definition) is 2. The molecule has 7 nitrogen and oxygen atoms in total. The van der Waals surface area contributed by atoms with Crippen molar-refractivity contribution in [2.75, 3.05) is 18.9 Å². The average Bonchev–Trinajstić information content (AvgIpc) is 2.93. The Morgan fingerprint density at radius 1 is 1.19 bits per heavy atom. The largest absolute Gasteiger partial charge is 0.493 e. The van der Waals surface area contributed by atoms with E-state index in [1.165, 1.54) is 32.4 Å². The Balaban J connectivity index is 2.30. The Morgan fingerprint density at radius 3 is 2.48 bits per heavy atom. The first-order valence-corrected chi connectivity index (χ1v) is 7.77. The Hall–Kier alpha value is -2.22. The molecule has 0 radical (unpaired) electrons. The van der Waals surface area contributed by atoms with Gasteiger partial charge < -0.3 is 9.47 Å². The van der Waals surface area contributed by atoms with Gasteiger partial charge in [0.1, 0.15) is 0 Å². The topological polar surface area (TPSA) is 93.3 Å². The van der Waals surface area contributed by atoms with Crippen molar-refractivity contribution < 1.29 is 17.9 Å². The summed E-state index contributed by atoms with van der Waals surface area (Å²) < 4.78 is 37.2. The lowest BCUT2D eigenvalue weighted by Gasteiger charge is -2.10. The number of nitrogens with zero attached hydrogens (tertiary/aromatic N) is 1. The van der Waals surface area contributed by atoms with Crippen molar-refractivity contribution in [3.63, 3.8) is 0 Å². The molecule has 1 aromatic carbocycles. The van der Waals surface area contributed by atoms with Crippen LogP contribution in [0.15, 0.2) is 29.2 Å². The van der Waals surface area contributed by atoms with Gasteiger partial charge in [-0.1, -0.05) is 6.92 Å². The predicted octanol–water partition coefficient (Wildman–Crippen LogP) is 1.79. The van der Waals surface area contributed by atoms with Crippen molar-refractivity contribution in [3.05, 3.63) is 30.0 Å². The summed E-state index contributed by atoms with van der Waals surface area (Å²) in [7, 11) is -0.800. The smallest absolute Gasteiger partial charge is 0.263 e. The van der Waals surface area contributed by atoms with E-state index in [2.05, 4.69) is 14.9 Å². The molecule has 2 N–H and O–H groups in total. The minimum atomic E-state index is -3.73. The van der Waals surface area contributed by atoms with E-state index in [1.54, 1.807) is 6.07 Å². The van der Waals surface area contributed by atoms with Crippen molar-refractivity contribution in [1.82, 2.24) is 10.2 Å². The van der Waals surface area contributed by atoms with Gasteiger partial charge in [-0.2, -0.15) is 5.10 Å². The Labute approximate surface area is 123 Å². The van der Waals surface area contributed by atoms with Gasteiger partial charge in [0.2, 0.25) is 0 Å². The van der Waals surface area contributed by atoms with Crippen LogP contribution >= 0.6 is 0 Å². The van der Waals surface area contributed by atoms with Crippen LogP contribution in [0.3, 0.4) is 0 Å². The van der Waals surface area contributed by atoms with Gasteiger partial charge >= 0.3 is 0 Å². The number of H-pyrrole nitrogens is 1. The van der Waals surface area contributed by atoms with Crippen LogP contribution in [-0.2, 0) is 16.4 Å². The molecule has 0 amide bonds. The van der Waals surface area contributed by atoms with Crippen LogP contribution in [0.4, 0.5) is 5.82 Å². The third-order valence-electron chi connectivity index (χ3n) is 2.92. The summed E-state index contributed by atoms with van der Waals surface area (Å²) in [6, 6.07) is 6.03. The molecule has 2 aromatic rings. The molecule has 0 spiro atoms. The van der Waals surface area contributed by atoms with Crippen LogP contribution in [0, 0.1) is 0 Å². The fourth-order valence-corrected chi connectivity index (χ4v) is 2.78. The van der Waals surface area contributed by atoms with Crippen molar-refractivity contribution in [1.29, 1.82) is 0 Å². The zero-order valence-electron chi connectivity index (χ0n) is 12.0. The summed E-state index contributed by atoms with van der Waals surface area (Å²) in [5.74, 6) is 1.06. The van der Waals surface area contributed by atoms with Gasteiger partial charge in [0.05, 0.1) is 19.1 Å². The first-order valence-electron chi connectivity index (χ1n) is 6.29. The van der Waals surface area contributed by atoms with Gasteiger partial charge in [0, 0.05) is 17.8 Å². The van der Waals surface area contributed by atoms with E-state index in [0.717, 1.165) is 12.1 Å². The molecular formula is C13H17N3O4S. The Bertz CT molecular complexity index is 725. The molecular weight excluding hydrogens is 294 g/mol. The molecule has 21 heavy (non-hydrogen) atoms. The summed E-state index contributed by atoms with van der Waals surface area (Å²) in [4.78, 5) is 0.0706. The molecule has 0 atom stereocenters. The molecule has 1 aromatic heterocycles. The highest BCUT2D eigenvalue weighted by molar-refractivity contribution is 7.92. The van der Waals surface area contributed by atoms with E-state index in [4.69, 9.17) is 9.47 Å². The number of methoxy groups -OCH3 is 2.